The molecule has 2 atom stereocenters. The highest BCUT2D eigenvalue weighted by molar-refractivity contribution is 5.65. The minimum absolute atomic E-state index is 0.00870. The van der Waals surface area contributed by atoms with Gasteiger partial charge in [0.1, 0.15) is 17.7 Å². The Morgan fingerprint density at radius 2 is 2.22 bits per heavy atom. The fourth-order valence-corrected chi connectivity index (χ4v) is 1.81. The Hall–Kier alpha value is -2.11. The van der Waals surface area contributed by atoms with E-state index in [1.54, 1.807) is 6.08 Å². The summed E-state index contributed by atoms with van der Waals surface area (Å²) in [6.45, 7) is 0. The molecule has 2 unspecified atom stereocenters. The molecule has 6 heteroatoms. The van der Waals surface area contributed by atoms with E-state index in [9.17, 15) is 13.6 Å². The molecular weight excluding hydrogens is 244 g/mol. The Labute approximate surface area is 102 Å². The zero-order chi connectivity index (χ0) is 13.1. The van der Waals surface area contributed by atoms with Crippen LogP contribution in [0.5, 0.6) is 0 Å². The monoisotopic (exact) mass is 255 g/mol. The molecule has 4 nitrogen and oxygen atoms in total. The molecule has 0 radical (unpaired) electrons. The molecule has 2 N–H and O–H groups in total. The molecule has 96 valence electrons. The van der Waals surface area contributed by atoms with Gasteiger partial charge in [-0.15, -0.1) is 0 Å². The number of nitrogens with two attached hydrogens (primary N) is 1. The summed E-state index contributed by atoms with van der Waals surface area (Å²) in [5.74, 6) is -1.22. The maximum atomic E-state index is 13.6. The van der Waals surface area contributed by atoms with Crippen molar-refractivity contribution in [2.45, 2.75) is 18.6 Å². The van der Waals surface area contributed by atoms with Crippen LogP contribution in [0.25, 0.3) is 0 Å². The predicted octanol–water partition coefficient (Wildman–Crippen LogP) is 2.40. The predicted molar refractivity (Wildman–Crippen MR) is 58.4 cm³/mol. The maximum absolute atomic E-state index is 13.6. The van der Waals surface area contributed by atoms with Crippen LogP contribution in [0.2, 0.25) is 0 Å². The quantitative estimate of drug-likeness (QED) is 0.882. The number of hydrogen-bond donors (Lipinski definition) is 1. The largest absolute Gasteiger partial charge is 0.490 e. The highest BCUT2D eigenvalue weighted by Crippen LogP contribution is 2.31. The Morgan fingerprint density at radius 1 is 1.44 bits per heavy atom. The molecule has 0 saturated heterocycles. The molecule has 1 aromatic rings. The summed E-state index contributed by atoms with van der Waals surface area (Å²) in [5, 5.41) is 0. The van der Waals surface area contributed by atoms with Gasteiger partial charge in [0, 0.05) is 12.0 Å². The standard InChI is InChI=1S/C12H11F2NO3/c13-7-3-4-9(14)8(6-7)11-10(18-12(15)16)2-1-5-17-11/h1,3-6,10-11H,2H2,(H2,15,16). The molecule has 0 saturated carbocycles. The summed E-state index contributed by atoms with van der Waals surface area (Å²) in [4.78, 5) is 10.7. The van der Waals surface area contributed by atoms with Crippen LogP contribution in [0, 0.1) is 11.6 Å². The van der Waals surface area contributed by atoms with Gasteiger partial charge in [0.25, 0.3) is 0 Å². The van der Waals surface area contributed by atoms with Gasteiger partial charge in [-0.05, 0) is 24.3 Å². The van der Waals surface area contributed by atoms with Crippen LogP contribution < -0.4 is 5.73 Å². The van der Waals surface area contributed by atoms with E-state index in [2.05, 4.69) is 0 Å². The van der Waals surface area contributed by atoms with Gasteiger partial charge in [0.2, 0.25) is 0 Å². The van der Waals surface area contributed by atoms with Gasteiger partial charge >= 0.3 is 6.09 Å². The van der Waals surface area contributed by atoms with Crippen molar-refractivity contribution in [1.29, 1.82) is 0 Å². The molecule has 1 aromatic carbocycles. The third-order valence-corrected chi connectivity index (χ3v) is 2.56. The van der Waals surface area contributed by atoms with E-state index in [1.807, 2.05) is 0 Å². The highest BCUT2D eigenvalue weighted by Gasteiger charge is 2.31. The first-order valence-electron chi connectivity index (χ1n) is 5.29. The number of ether oxygens (including phenoxy) is 2. The topological polar surface area (TPSA) is 61.6 Å². The summed E-state index contributed by atoms with van der Waals surface area (Å²) in [5.41, 5.74) is 4.91. The second kappa shape index (κ2) is 5.03. The summed E-state index contributed by atoms with van der Waals surface area (Å²) < 4.78 is 36.8. The molecule has 0 bridgehead atoms. The third kappa shape index (κ3) is 2.58. The Balaban J connectivity index is 2.31. The second-order valence-electron chi connectivity index (χ2n) is 3.81. The number of amides is 1. The van der Waals surface area contributed by atoms with E-state index in [-0.39, 0.29) is 5.56 Å². The fraction of sp³-hybridized carbons (Fsp3) is 0.250. The van der Waals surface area contributed by atoms with Gasteiger partial charge < -0.3 is 15.2 Å². The first-order valence-corrected chi connectivity index (χ1v) is 5.29. The number of benzene rings is 1. The molecule has 0 fully saturated rings. The minimum atomic E-state index is -0.985. The summed E-state index contributed by atoms with van der Waals surface area (Å²) in [7, 11) is 0. The van der Waals surface area contributed by atoms with Crippen LogP contribution in [-0.4, -0.2) is 12.2 Å². The van der Waals surface area contributed by atoms with Crippen molar-refractivity contribution in [3.05, 3.63) is 47.7 Å². The molecule has 1 aliphatic rings. The molecule has 0 aliphatic carbocycles. The van der Waals surface area contributed by atoms with Crippen LogP contribution in [0.3, 0.4) is 0 Å². The number of carbonyl (C=O) groups is 1. The number of rotatable bonds is 2. The minimum Gasteiger partial charge on any atom is -0.490 e. The van der Waals surface area contributed by atoms with Crippen LogP contribution >= 0.6 is 0 Å². The van der Waals surface area contributed by atoms with Crippen LogP contribution in [0.15, 0.2) is 30.5 Å². The Morgan fingerprint density at radius 3 is 2.94 bits per heavy atom. The van der Waals surface area contributed by atoms with Crippen molar-refractivity contribution in [3.63, 3.8) is 0 Å². The van der Waals surface area contributed by atoms with Crippen molar-refractivity contribution in [1.82, 2.24) is 0 Å². The lowest BCUT2D eigenvalue weighted by atomic mass is 9.99. The molecule has 0 spiro atoms. The average Bonchev–Trinajstić information content (AvgIpc) is 2.32. The number of carbonyl (C=O) groups excluding carboxylic acids is 1. The van der Waals surface area contributed by atoms with E-state index in [1.165, 1.54) is 6.26 Å². The Kier molecular flexibility index (Phi) is 3.45. The normalized spacial score (nSPS) is 22.3. The van der Waals surface area contributed by atoms with Gasteiger partial charge in [0.15, 0.2) is 6.10 Å². The van der Waals surface area contributed by atoms with E-state index >= 15 is 0 Å². The van der Waals surface area contributed by atoms with Gasteiger partial charge in [-0.1, -0.05) is 0 Å². The van der Waals surface area contributed by atoms with Crippen LogP contribution in [0.4, 0.5) is 13.6 Å². The lowest BCUT2D eigenvalue weighted by Crippen LogP contribution is -2.31. The molecule has 1 heterocycles. The van der Waals surface area contributed by atoms with Gasteiger partial charge in [0.05, 0.1) is 6.26 Å². The van der Waals surface area contributed by atoms with E-state index in [0.717, 1.165) is 18.2 Å². The van der Waals surface area contributed by atoms with Crippen molar-refractivity contribution >= 4 is 6.09 Å². The first-order chi connectivity index (χ1) is 8.58. The van der Waals surface area contributed by atoms with Crippen molar-refractivity contribution < 1.29 is 23.0 Å². The average molecular weight is 255 g/mol. The number of primary amides is 1. The summed E-state index contributed by atoms with van der Waals surface area (Å²) in [6, 6.07) is 3.01. The summed E-state index contributed by atoms with van der Waals surface area (Å²) >= 11 is 0. The summed E-state index contributed by atoms with van der Waals surface area (Å²) in [6.07, 6.45) is 0.628. The van der Waals surface area contributed by atoms with E-state index in [0.29, 0.717) is 6.42 Å². The van der Waals surface area contributed by atoms with Crippen molar-refractivity contribution in [2.24, 2.45) is 5.73 Å². The zero-order valence-corrected chi connectivity index (χ0v) is 9.31. The van der Waals surface area contributed by atoms with Gasteiger partial charge in [-0.2, -0.15) is 0 Å². The van der Waals surface area contributed by atoms with Gasteiger partial charge in [-0.25, -0.2) is 13.6 Å². The number of halogens is 2. The molecule has 2 rings (SSSR count). The molecule has 1 aliphatic heterocycles. The van der Waals surface area contributed by atoms with E-state index < -0.39 is 29.9 Å². The molecule has 1 amide bonds. The fourth-order valence-electron chi connectivity index (χ4n) is 1.81. The second-order valence-corrected chi connectivity index (χ2v) is 3.81. The lowest BCUT2D eigenvalue weighted by Gasteiger charge is -2.28. The SMILES string of the molecule is NC(=O)OC1CC=COC1c1cc(F)ccc1F. The van der Waals surface area contributed by atoms with E-state index in [4.69, 9.17) is 15.2 Å². The smallest absolute Gasteiger partial charge is 0.404 e. The van der Waals surface area contributed by atoms with Crippen molar-refractivity contribution in [2.75, 3.05) is 0 Å². The lowest BCUT2D eigenvalue weighted by molar-refractivity contribution is -0.0143. The molecular formula is C12H11F2NO3. The zero-order valence-electron chi connectivity index (χ0n) is 9.31. The third-order valence-electron chi connectivity index (χ3n) is 2.56. The highest BCUT2D eigenvalue weighted by atomic mass is 19.1. The van der Waals surface area contributed by atoms with Gasteiger partial charge in [-0.3, -0.25) is 0 Å². The molecule has 0 aromatic heterocycles. The van der Waals surface area contributed by atoms with Crippen LogP contribution in [-0.2, 0) is 9.47 Å². The van der Waals surface area contributed by atoms with Crippen LogP contribution in [0.1, 0.15) is 18.1 Å². The maximum Gasteiger partial charge on any atom is 0.404 e. The van der Waals surface area contributed by atoms with Crippen molar-refractivity contribution in [3.8, 4) is 0 Å². The first kappa shape index (κ1) is 12.3. The molecule has 18 heavy (non-hydrogen) atoms. The Bertz CT molecular complexity index is 490. The number of hydrogen-bond acceptors (Lipinski definition) is 3.